The molecule has 7 nitrogen and oxygen atoms in total. The maximum Gasteiger partial charge on any atom is 0.404 e. The van der Waals surface area contributed by atoms with E-state index in [0.29, 0.717) is 30.1 Å². The number of ether oxygens (including phenoxy) is 1. The zero-order valence-corrected chi connectivity index (χ0v) is 16.5. The first-order valence-corrected chi connectivity index (χ1v) is 9.31. The molecule has 3 rings (SSSR count). The average Bonchev–Trinajstić information content (AvgIpc) is 2.97. The standard InChI is InChI=1S/C19H24ClN5O2/c1-19(2,3)13(27-18(22)26)8-9-25-14(10-20)24-15-16(25)11-6-4-5-7-12(11)23-17(15)21/h4-7,13H,8-10H2,1-3H3,(H2,21,23)(H2,22,26). The summed E-state index contributed by atoms with van der Waals surface area (Å²) in [5.41, 5.74) is 13.5. The molecule has 0 bridgehead atoms. The Kier molecular flexibility index (Phi) is 5.15. The third-order valence-electron chi connectivity index (χ3n) is 4.65. The summed E-state index contributed by atoms with van der Waals surface area (Å²) in [5, 5.41) is 0.952. The summed E-state index contributed by atoms with van der Waals surface area (Å²) in [6.07, 6.45) is -0.554. The Morgan fingerprint density at radius 3 is 2.63 bits per heavy atom. The summed E-state index contributed by atoms with van der Waals surface area (Å²) in [7, 11) is 0. The van der Waals surface area contributed by atoms with Gasteiger partial charge < -0.3 is 20.8 Å². The van der Waals surface area contributed by atoms with Crippen molar-refractivity contribution in [1.29, 1.82) is 0 Å². The zero-order valence-electron chi connectivity index (χ0n) is 15.7. The lowest BCUT2D eigenvalue weighted by molar-refractivity contribution is 0.0288. The SMILES string of the molecule is CC(C)(C)C(CCn1c(CCl)nc2c(N)nc3ccccc3c21)OC(N)=O. The van der Waals surface area contributed by atoms with Crippen LogP contribution in [0.4, 0.5) is 10.6 Å². The molecule has 1 amide bonds. The predicted molar refractivity (Wildman–Crippen MR) is 108 cm³/mol. The lowest BCUT2D eigenvalue weighted by atomic mass is 9.87. The number of nitrogens with two attached hydrogens (primary N) is 2. The predicted octanol–water partition coefficient (Wildman–Crippen LogP) is 3.81. The van der Waals surface area contributed by atoms with Crippen LogP contribution in [0.25, 0.3) is 21.9 Å². The molecule has 1 aromatic carbocycles. The number of benzene rings is 1. The molecule has 0 spiro atoms. The fourth-order valence-electron chi connectivity index (χ4n) is 3.30. The molecule has 1 atom stereocenters. The summed E-state index contributed by atoms with van der Waals surface area (Å²) < 4.78 is 7.38. The summed E-state index contributed by atoms with van der Waals surface area (Å²) in [4.78, 5) is 20.3. The molecule has 27 heavy (non-hydrogen) atoms. The second-order valence-corrected chi connectivity index (χ2v) is 7.87. The number of primary amides is 1. The number of hydrogen-bond donors (Lipinski definition) is 2. The van der Waals surface area contributed by atoms with E-state index in [2.05, 4.69) is 9.97 Å². The molecule has 0 radical (unpaired) electrons. The fraction of sp³-hybridized carbons (Fsp3) is 0.421. The molecule has 0 aliphatic heterocycles. The van der Waals surface area contributed by atoms with E-state index in [9.17, 15) is 4.79 Å². The molecule has 8 heteroatoms. The number of rotatable bonds is 5. The molecule has 0 fully saturated rings. The second kappa shape index (κ2) is 7.23. The van der Waals surface area contributed by atoms with E-state index < -0.39 is 6.09 Å². The van der Waals surface area contributed by atoms with Crippen molar-refractivity contribution < 1.29 is 9.53 Å². The van der Waals surface area contributed by atoms with E-state index in [1.807, 2.05) is 49.6 Å². The molecule has 0 aliphatic rings. The number of para-hydroxylation sites is 1. The van der Waals surface area contributed by atoms with Crippen LogP contribution in [-0.2, 0) is 17.2 Å². The molecular formula is C19H24ClN5O2. The van der Waals surface area contributed by atoms with Crippen molar-refractivity contribution in [3.8, 4) is 0 Å². The van der Waals surface area contributed by atoms with Crippen molar-refractivity contribution >= 4 is 45.4 Å². The highest BCUT2D eigenvalue weighted by molar-refractivity contribution is 6.17. The highest BCUT2D eigenvalue weighted by Crippen LogP contribution is 2.31. The molecule has 1 unspecified atom stereocenters. The number of carbonyl (C=O) groups is 1. The summed E-state index contributed by atoms with van der Waals surface area (Å²) in [6, 6.07) is 7.77. The molecule has 4 N–H and O–H groups in total. The summed E-state index contributed by atoms with van der Waals surface area (Å²) in [5.74, 6) is 1.30. The minimum Gasteiger partial charge on any atom is -0.446 e. The van der Waals surface area contributed by atoms with Gasteiger partial charge in [-0.25, -0.2) is 14.8 Å². The van der Waals surface area contributed by atoms with Gasteiger partial charge in [0.05, 0.1) is 16.9 Å². The number of imidazole rings is 1. The maximum absolute atomic E-state index is 11.3. The summed E-state index contributed by atoms with van der Waals surface area (Å²) in [6.45, 7) is 6.58. The minimum absolute atomic E-state index is 0.235. The van der Waals surface area contributed by atoms with E-state index in [4.69, 9.17) is 27.8 Å². The van der Waals surface area contributed by atoms with E-state index in [1.165, 1.54) is 0 Å². The average molecular weight is 390 g/mol. The van der Waals surface area contributed by atoms with Crippen LogP contribution in [0.5, 0.6) is 0 Å². The first-order chi connectivity index (χ1) is 12.7. The molecule has 3 aromatic rings. The monoisotopic (exact) mass is 389 g/mol. The Hall–Kier alpha value is -2.54. The van der Waals surface area contributed by atoms with Gasteiger partial charge in [-0.2, -0.15) is 0 Å². The van der Waals surface area contributed by atoms with Crippen molar-refractivity contribution in [1.82, 2.24) is 14.5 Å². The van der Waals surface area contributed by atoms with Crippen LogP contribution in [0.3, 0.4) is 0 Å². The van der Waals surface area contributed by atoms with Gasteiger partial charge in [0.15, 0.2) is 5.82 Å². The quantitative estimate of drug-likeness (QED) is 0.645. The van der Waals surface area contributed by atoms with Gasteiger partial charge in [0.1, 0.15) is 17.4 Å². The normalized spacial score (nSPS) is 13.2. The van der Waals surface area contributed by atoms with Crippen LogP contribution < -0.4 is 11.5 Å². The zero-order chi connectivity index (χ0) is 19.8. The Balaban J connectivity index is 2.09. The number of alkyl halides is 1. The highest BCUT2D eigenvalue weighted by atomic mass is 35.5. The number of pyridine rings is 1. The molecule has 2 heterocycles. The molecule has 0 saturated heterocycles. The van der Waals surface area contributed by atoms with Gasteiger partial charge in [0.25, 0.3) is 0 Å². The smallest absolute Gasteiger partial charge is 0.404 e. The topological polar surface area (TPSA) is 109 Å². The Labute approximate surface area is 162 Å². The lowest BCUT2D eigenvalue weighted by Gasteiger charge is -2.30. The first kappa shape index (κ1) is 19.2. The van der Waals surface area contributed by atoms with Crippen LogP contribution in [0.15, 0.2) is 24.3 Å². The Bertz CT molecular complexity index is 993. The highest BCUT2D eigenvalue weighted by Gasteiger charge is 2.28. The molecule has 0 saturated carbocycles. The third kappa shape index (κ3) is 3.78. The number of amides is 1. The van der Waals surface area contributed by atoms with Gasteiger partial charge in [0.2, 0.25) is 0 Å². The number of nitrogens with zero attached hydrogens (tertiary/aromatic N) is 3. The van der Waals surface area contributed by atoms with Gasteiger partial charge in [-0.15, -0.1) is 11.6 Å². The van der Waals surface area contributed by atoms with Crippen molar-refractivity contribution in [2.24, 2.45) is 11.1 Å². The number of nitrogen functional groups attached to an aromatic ring is 1. The molecule has 144 valence electrons. The van der Waals surface area contributed by atoms with E-state index >= 15 is 0 Å². The number of halogens is 1. The molecular weight excluding hydrogens is 366 g/mol. The number of carbonyl (C=O) groups excluding carboxylic acids is 1. The van der Waals surface area contributed by atoms with Crippen LogP contribution in [0.2, 0.25) is 0 Å². The van der Waals surface area contributed by atoms with Gasteiger partial charge in [-0.1, -0.05) is 39.0 Å². The maximum atomic E-state index is 11.3. The van der Waals surface area contributed by atoms with Crippen LogP contribution in [0, 0.1) is 5.41 Å². The van der Waals surface area contributed by atoms with Gasteiger partial charge in [-0.3, -0.25) is 0 Å². The van der Waals surface area contributed by atoms with Crippen molar-refractivity contribution in [2.75, 3.05) is 5.73 Å². The summed E-state index contributed by atoms with van der Waals surface area (Å²) >= 11 is 6.15. The fourth-order valence-corrected chi connectivity index (χ4v) is 3.51. The van der Waals surface area contributed by atoms with E-state index in [0.717, 1.165) is 16.4 Å². The number of hydrogen-bond acceptors (Lipinski definition) is 5. The number of aryl methyl sites for hydroxylation is 1. The Morgan fingerprint density at radius 2 is 2.00 bits per heavy atom. The number of anilines is 1. The first-order valence-electron chi connectivity index (χ1n) is 8.77. The third-order valence-corrected chi connectivity index (χ3v) is 4.89. The molecule has 2 aromatic heterocycles. The van der Waals surface area contributed by atoms with Crippen LogP contribution in [0.1, 0.15) is 33.0 Å². The Morgan fingerprint density at radius 1 is 1.30 bits per heavy atom. The van der Waals surface area contributed by atoms with Crippen molar-refractivity contribution in [2.45, 2.75) is 45.7 Å². The van der Waals surface area contributed by atoms with E-state index in [-0.39, 0.29) is 17.4 Å². The van der Waals surface area contributed by atoms with Crippen LogP contribution in [-0.4, -0.2) is 26.7 Å². The second-order valence-electron chi connectivity index (χ2n) is 7.60. The minimum atomic E-state index is -0.776. The van der Waals surface area contributed by atoms with Crippen LogP contribution >= 0.6 is 11.6 Å². The number of aromatic nitrogens is 3. The van der Waals surface area contributed by atoms with Gasteiger partial charge >= 0.3 is 6.09 Å². The lowest BCUT2D eigenvalue weighted by Crippen LogP contribution is -2.34. The number of fused-ring (bicyclic) bond motifs is 3. The molecule has 0 aliphatic carbocycles. The van der Waals surface area contributed by atoms with Crippen molar-refractivity contribution in [3.63, 3.8) is 0 Å². The van der Waals surface area contributed by atoms with Crippen molar-refractivity contribution in [3.05, 3.63) is 30.1 Å². The van der Waals surface area contributed by atoms with E-state index in [1.54, 1.807) is 0 Å². The van der Waals surface area contributed by atoms with Gasteiger partial charge in [0, 0.05) is 18.4 Å². The largest absolute Gasteiger partial charge is 0.446 e. The van der Waals surface area contributed by atoms with Gasteiger partial charge in [-0.05, 0) is 11.5 Å².